The van der Waals surface area contributed by atoms with Crippen LogP contribution in [0.1, 0.15) is 31.1 Å². The summed E-state index contributed by atoms with van der Waals surface area (Å²) in [6.07, 6.45) is 0. The molecule has 0 saturated carbocycles. The first kappa shape index (κ1) is 16.0. The van der Waals surface area contributed by atoms with Crippen molar-refractivity contribution in [1.82, 2.24) is 4.90 Å². The highest BCUT2D eigenvalue weighted by Crippen LogP contribution is 2.14. The summed E-state index contributed by atoms with van der Waals surface area (Å²) in [5, 5.41) is 24.5. The molecule has 0 aliphatic carbocycles. The second-order valence-corrected chi connectivity index (χ2v) is 3.58. The van der Waals surface area contributed by atoms with Crippen molar-refractivity contribution in [2.24, 2.45) is 0 Å². The van der Waals surface area contributed by atoms with Gasteiger partial charge in [-0.2, -0.15) is 0 Å². The van der Waals surface area contributed by atoms with Gasteiger partial charge in [0, 0.05) is 13.1 Å². The van der Waals surface area contributed by atoms with Gasteiger partial charge in [0.25, 0.3) is 0 Å². The maximum atomic E-state index is 10.3. The number of amidine groups is 1. The van der Waals surface area contributed by atoms with E-state index in [1.807, 2.05) is 11.8 Å². The molecule has 0 radical (unpaired) electrons. The lowest BCUT2D eigenvalue weighted by molar-refractivity contribution is 0.0693. The molecule has 3 N–H and O–H groups in total. The van der Waals surface area contributed by atoms with Gasteiger partial charge in [-0.1, -0.05) is 12.1 Å². The van der Waals surface area contributed by atoms with Crippen LogP contribution in [0.5, 0.6) is 5.75 Å². The maximum Gasteiger partial charge on any atom is 0.339 e. The van der Waals surface area contributed by atoms with Gasteiger partial charge in [-0.05, 0) is 32.9 Å². The molecule has 1 rings (SSSR count). The Morgan fingerprint density at radius 3 is 2.00 bits per heavy atom. The minimum atomic E-state index is -1.11. The molecular formula is C13H20N2O3. The van der Waals surface area contributed by atoms with Crippen molar-refractivity contribution in [2.75, 3.05) is 13.1 Å². The summed E-state index contributed by atoms with van der Waals surface area (Å²) in [6, 6.07) is 5.81. The largest absolute Gasteiger partial charge is 0.507 e. The topological polar surface area (TPSA) is 84.6 Å². The van der Waals surface area contributed by atoms with Gasteiger partial charge in [-0.25, -0.2) is 4.79 Å². The first-order chi connectivity index (χ1) is 8.43. The normalized spacial score (nSPS) is 9.06. The summed E-state index contributed by atoms with van der Waals surface area (Å²) in [7, 11) is 0. The number of nitrogens with one attached hydrogen (secondary N) is 1. The molecule has 0 heterocycles. The van der Waals surface area contributed by atoms with Crippen LogP contribution >= 0.6 is 0 Å². The highest BCUT2D eigenvalue weighted by Gasteiger charge is 2.05. The summed E-state index contributed by atoms with van der Waals surface area (Å²) in [4.78, 5) is 12.3. The molecule has 0 saturated heterocycles. The van der Waals surface area contributed by atoms with Crippen LogP contribution in [-0.2, 0) is 0 Å². The van der Waals surface area contributed by atoms with Crippen molar-refractivity contribution < 1.29 is 15.0 Å². The molecule has 0 amide bonds. The van der Waals surface area contributed by atoms with E-state index in [0.717, 1.165) is 13.1 Å². The number of carbonyl (C=O) groups is 1. The number of carboxylic acid groups (broad SMARTS) is 1. The molecular weight excluding hydrogens is 232 g/mol. The zero-order valence-electron chi connectivity index (χ0n) is 11.0. The fourth-order valence-corrected chi connectivity index (χ4v) is 1.35. The zero-order chi connectivity index (χ0) is 14.1. The molecule has 0 atom stereocenters. The van der Waals surface area contributed by atoms with Gasteiger partial charge in [0.15, 0.2) is 0 Å². The molecule has 0 unspecified atom stereocenters. The molecule has 0 aliphatic rings. The quantitative estimate of drug-likeness (QED) is 0.569. The Bertz CT molecular complexity index is 401. The Morgan fingerprint density at radius 2 is 1.78 bits per heavy atom. The van der Waals surface area contributed by atoms with E-state index in [0.29, 0.717) is 5.84 Å². The second kappa shape index (κ2) is 8.11. The monoisotopic (exact) mass is 252 g/mol. The smallest absolute Gasteiger partial charge is 0.339 e. The highest BCUT2D eigenvalue weighted by atomic mass is 16.4. The molecule has 0 bridgehead atoms. The van der Waals surface area contributed by atoms with Crippen LogP contribution in [0.25, 0.3) is 0 Å². The van der Waals surface area contributed by atoms with Crippen LogP contribution in [0.15, 0.2) is 24.3 Å². The number of rotatable bonds is 3. The summed E-state index contributed by atoms with van der Waals surface area (Å²) in [5.41, 5.74) is -0.0671. The van der Waals surface area contributed by atoms with Crippen molar-refractivity contribution in [1.29, 1.82) is 5.41 Å². The van der Waals surface area contributed by atoms with Crippen LogP contribution in [-0.4, -0.2) is 40.0 Å². The molecule has 1 aromatic carbocycles. The van der Waals surface area contributed by atoms with Crippen molar-refractivity contribution in [2.45, 2.75) is 20.8 Å². The van der Waals surface area contributed by atoms with Gasteiger partial charge in [-0.15, -0.1) is 0 Å². The summed E-state index contributed by atoms with van der Waals surface area (Å²) in [6.45, 7) is 7.83. The predicted molar refractivity (Wildman–Crippen MR) is 71.4 cm³/mol. The summed E-state index contributed by atoms with van der Waals surface area (Å²) >= 11 is 0. The van der Waals surface area contributed by atoms with Crippen molar-refractivity contribution in [3.05, 3.63) is 29.8 Å². The van der Waals surface area contributed by atoms with Gasteiger partial charge >= 0.3 is 5.97 Å². The number of phenols is 1. The van der Waals surface area contributed by atoms with Crippen LogP contribution in [0.2, 0.25) is 0 Å². The lowest BCUT2D eigenvalue weighted by Crippen LogP contribution is -2.27. The van der Waals surface area contributed by atoms with E-state index in [1.165, 1.54) is 12.1 Å². The SMILES string of the molecule is CCN(CC)C(C)=N.O=C(O)c1ccccc1O. The average molecular weight is 252 g/mol. The van der Waals surface area contributed by atoms with Crippen molar-refractivity contribution in [3.63, 3.8) is 0 Å². The van der Waals surface area contributed by atoms with Crippen LogP contribution in [0.4, 0.5) is 0 Å². The average Bonchev–Trinajstić information content (AvgIpc) is 2.31. The fourth-order valence-electron chi connectivity index (χ4n) is 1.35. The van der Waals surface area contributed by atoms with E-state index in [9.17, 15) is 4.79 Å². The number of para-hydroxylation sites is 1. The fraction of sp³-hybridized carbons (Fsp3) is 0.385. The molecule has 0 aromatic heterocycles. The molecule has 0 fully saturated rings. The molecule has 100 valence electrons. The van der Waals surface area contributed by atoms with E-state index in [4.69, 9.17) is 15.6 Å². The Labute approximate surface area is 107 Å². The van der Waals surface area contributed by atoms with Crippen LogP contribution < -0.4 is 0 Å². The maximum absolute atomic E-state index is 10.3. The van der Waals surface area contributed by atoms with Gasteiger partial charge < -0.3 is 15.1 Å². The number of nitrogens with zero attached hydrogens (tertiary/aromatic N) is 1. The number of carboxylic acids is 1. The number of aromatic carboxylic acids is 1. The summed E-state index contributed by atoms with van der Waals surface area (Å²) in [5.74, 6) is -0.650. The number of aromatic hydroxyl groups is 1. The van der Waals surface area contributed by atoms with Gasteiger partial charge in [0.1, 0.15) is 11.3 Å². The van der Waals surface area contributed by atoms with Crippen LogP contribution in [0, 0.1) is 5.41 Å². The number of benzene rings is 1. The Balaban J connectivity index is 0.000000331. The minimum absolute atomic E-state index is 0.0671. The van der Waals surface area contributed by atoms with E-state index >= 15 is 0 Å². The van der Waals surface area contributed by atoms with E-state index < -0.39 is 5.97 Å². The molecule has 1 aromatic rings. The lowest BCUT2D eigenvalue weighted by atomic mass is 10.2. The molecule has 18 heavy (non-hydrogen) atoms. The molecule has 0 aliphatic heterocycles. The zero-order valence-corrected chi connectivity index (χ0v) is 11.0. The van der Waals surface area contributed by atoms with Gasteiger partial charge in [0.05, 0.1) is 5.84 Å². The van der Waals surface area contributed by atoms with E-state index in [-0.39, 0.29) is 11.3 Å². The van der Waals surface area contributed by atoms with Gasteiger partial charge in [0.2, 0.25) is 0 Å². The Kier molecular flexibility index (Phi) is 7.19. The van der Waals surface area contributed by atoms with E-state index in [2.05, 4.69) is 13.8 Å². The van der Waals surface area contributed by atoms with E-state index in [1.54, 1.807) is 12.1 Å². The number of hydrogen-bond donors (Lipinski definition) is 3. The van der Waals surface area contributed by atoms with Gasteiger partial charge in [-0.3, -0.25) is 5.41 Å². The third-order valence-electron chi connectivity index (χ3n) is 2.37. The van der Waals surface area contributed by atoms with Crippen molar-refractivity contribution in [3.8, 4) is 5.75 Å². The van der Waals surface area contributed by atoms with Crippen LogP contribution in [0.3, 0.4) is 0 Å². The Morgan fingerprint density at radius 1 is 1.28 bits per heavy atom. The number of hydrogen-bond acceptors (Lipinski definition) is 3. The standard InChI is InChI=1S/C7H6O3.C6H14N2/c8-6-4-2-1-3-5(6)7(9)10;1-4-8(5-2)6(3)7/h1-4,8H,(H,9,10);7H,4-5H2,1-3H3. The van der Waals surface area contributed by atoms with Crippen molar-refractivity contribution >= 4 is 11.8 Å². The first-order valence-electron chi connectivity index (χ1n) is 5.75. The predicted octanol–water partition coefficient (Wildman–Crippen LogP) is 2.42. The molecule has 5 nitrogen and oxygen atoms in total. The minimum Gasteiger partial charge on any atom is -0.507 e. The first-order valence-corrected chi connectivity index (χ1v) is 5.75. The highest BCUT2D eigenvalue weighted by molar-refractivity contribution is 5.90. The molecule has 0 spiro atoms. The summed E-state index contributed by atoms with van der Waals surface area (Å²) < 4.78 is 0. The second-order valence-electron chi connectivity index (χ2n) is 3.58. The third kappa shape index (κ3) is 5.34. The Hall–Kier alpha value is -2.04. The lowest BCUT2D eigenvalue weighted by Gasteiger charge is -2.17. The third-order valence-corrected chi connectivity index (χ3v) is 2.37. The molecule has 5 heteroatoms.